The Hall–Kier alpha value is -1.27. The minimum Gasteiger partial charge on any atom is -0.490 e. The lowest BCUT2D eigenvalue weighted by Gasteiger charge is -2.07. The predicted molar refractivity (Wildman–Crippen MR) is 72.1 cm³/mol. The monoisotopic (exact) mass is 254 g/mol. The Morgan fingerprint density at radius 3 is 2.71 bits per heavy atom. The van der Waals surface area contributed by atoms with Gasteiger partial charge in [-0.3, -0.25) is 0 Å². The van der Waals surface area contributed by atoms with E-state index >= 15 is 0 Å². The number of halogens is 1. The summed E-state index contributed by atoms with van der Waals surface area (Å²) in [5.74, 6) is 0.918. The van der Waals surface area contributed by atoms with Crippen LogP contribution < -0.4 is 0 Å². The van der Waals surface area contributed by atoms with Crippen LogP contribution in [0.15, 0.2) is 28.6 Å². The first-order valence-electron chi connectivity index (χ1n) is 5.70. The molecule has 0 aliphatic rings. The molecular weight excluding hydrogens is 236 g/mol. The van der Waals surface area contributed by atoms with Crippen molar-refractivity contribution in [2.75, 3.05) is 12.5 Å². The number of rotatable bonds is 7. The molecule has 0 aliphatic carbocycles. The van der Waals surface area contributed by atoms with Crippen LogP contribution in [0.1, 0.15) is 33.6 Å². The van der Waals surface area contributed by atoms with E-state index in [4.69, 9.17) is 21.6 Å². The summed E-state index contributed by atoms with van der Waals surface area (Å²) < 4.78 is 5.44. The zero-order chi connectivity index (χ0) is 13.1. The molecule has 4 heteroatoms. The molecule has 0 saturated heterocycles. The van der Waals surface area contributed by atoms with Crippen molar-refractivity contribution in [3.05, 3.63) is 23.6 Å². The number of nitrogens with zero attached hydrogens (tertiary/aromatic N) is 2. The van der Waals surface area contributed by atoms with Crippen molar-refractivity contribution in [2.24, 2.45) is 4.99 Å². The van der Waals surface area contributed by atoms with Gasteiger partial charge in [0.2, 0.25) is 0 Å². The van der Waals surface area contributed by atoms with Gasteiger partial charge in [0.05, 0.1) is 5.88 Å². The number of hydrogen-bond acceptors (Lipinski definition) is 3. The third-order valence-corrected chi connectivity index (χ3v) is 2.15. The Labute approximate surface area is 108 Å². The molecule has 0 aliphatic heterocycles. The lowest BCUT2D eigenvalue weighted by atomic mass is 10.2. The largest absolute Gasteiger partial charge is 0.490 e. The van der Waals surface area contributed by atoms with Gasteiger partial charge < -0.3 is 4.74 Å². The minimum atomic E-state index is 0.305. The first-order valence-corrected chi connectivity index (χ1v) is 6.24. The van der Waals surface area contributed by atoms with Gasteiger partial charge in [-0.2, -0.15) is 5.26 Å². The summed E-state index contributed by atoms with van der Waals surface area (Å²) in [6.07, 6.45) is 5.58. The van der Waals surface area contributed by atoms with Crippen molar-refractivity contribution in [3.63, 3.8) is 0 Å². The first kappa shape index (κ1) is 15.7. The maximum atomic E-state index is 9.08. The molecule has 0 atom stereocenters. The zero-order valence-corrected chi connectivity index (χ0v) is 11.4. The number of ether oxygens (including phenoxy) is 1. The molecule has 0 aromatic carbocycles. The SMILES string of the molecule is C\C=C(C)/N=C(C#N)/C(=C/CCC)OCCCl. The molecular formula is C13H19ClN2O. The molecule has 0 saturated carbocycles. The summed E-state index contributed by atoms with van der Waals surface area (Å²) in [5.41, 5.74) is 1.09. The third kappa shape index (κ3) is 6.80. The van der Waals surface area contributed by atoms with E-state index in [1.54, 1.807) is 0 Å². The second kappa shape index (κ2) is 9.92. The van der Waals surface area contributed by atoms with Crippen LogP contribution in [-0.4, -0.2) is 18.2 Å². The van der Waals surface area contributed by atoms with Crippen LogP contribution in [0.4, 0.5) is 0 Å². The van der Waals surface area contributed by atoms with E-state index in [1.807, 2.05) is 26.0 Å². The second-order valence-corrected chi connectivity index (χ2v) is 3.77. The van der Waals surface area contributed by atoms with Gasteiger partial charge in [0.1, 0.15) is 12.7 Å². The molecule has 0 N–H and O–H groups in total. The van der Waals surface area contributed by atoms with Crippen LogP contribution in [-0.2, 0) is 4.74 Å². The molecule has 0 aromatic rings. The van der Waals surface area contributed by atoms with Gasteiger partial charge in [0.15, 0.2) is 11.5 Å². The number of unbranched alkanes of at least 4 members (excludes halogenated alkanes) is 1. The normalized spacial score (nSPS) is 13.5. The van der Waals surface area contributed by atoms with Crippen LogP contribution >= 0.6 is 11.6 Å². The lowest BCUT2D eigenvalue weighted by molar-refractivity contribution is 0.251. The Morgan fingerprint density at radius 1 is 1.53 bits per heavy atom. The Morgan fingerprint density at radius 2 is 2.24 bits per heavy atom. The van der Waals surface area contributed by atoms with Crippen LogP contribution in [0.5, 0.6) is 0 Å². The van der Waals surface area contributed by atoms with Crippen molar-refractivity contribution in [2.45, 2.75) is 33.6 Å². The summed E-state index contributed by atoms with van der Waals surface area (Å²) >= 11 is 5.57. The summed E-state index contributed by atoms with van der Waals surface area (Å²) in [4.78, 5) is 4.20. The summed E-state index contributed by atoms with van der Waals surface area (Å²) in [6.45, 7) is 6.17. The molecule has 0 aromatic heterocycles. The van der Waals surface area contributed by atoms with E-state index in [1.165, 1.54) is 0 Å². The van der Waals surface area contributed by atoms with Gasteiger partial charge in [-0.05, 0) is 26.3 Å². The van der Waals surface area contributed by atoms with Crippen molar-refractivity contribution < 1.29 is 4.74 Å². The Bertz CT molecular complexity index is 351. The van der Waals surface area contributed by atoms with Crippen molar-refractivity contribution in [1.82, 2.24) is 0 Å². The highest BCUT2D eigenvalue weighted by Crippen LogP contribution is 2.08. The summed E-state index contributed by atoms with van der Waals surface area (Å²) in [5, 5.41) is 9.08. The molecule has 0 amide bonds. The number of allylic oxidation sites excluding steroid dienone is 4. The molecule has 3 nitrogen and oxygen atoms in total. The van der Waals surface area contributed by atoms with Crippen LogP contribution in [0.3, 0.4) is 0 Å². The van der Waals surface area contributed by atoms with Crippen LogP contribution in [0.2, 0.25) is 0 Å². The lowest BCUT2D eigenvalue weighted by Crippen LogP contribution is -2.07. The number of alkyl halides is 1. The van der Waals surface area contributed by atoms with E-state index in [-0.39, 0.29) is 0 Å². The van der Waals surface area contributed by atoms with Crippen LogP contribution in [0, 0.1) is 11.3 Å². The van der Waals surface area contributed by atoms with Gasteiger partial charge >= 0.3 is 0 Å². The van der Waals surface area contributed by atoms with E-state index < -0.39 is 0 Å². The smallest absolute Gasteiger partial charge is 0.182 e. The molecule has 0 spiro atoms. The quantitative estimate of drug-likeness (QED) is 0.394. The van der Waals surface area contributed by atoms with E-state index in [0.29, 0.717) is 24.0 Å². The molecule has 0 rings (SSSR count). The summed E-state index contributed by atoms with van der Waals surface area (Å²) in [7, 11) is 0. The van der Waals surface area contributed by atoms with E-state index in [9.17, 15) is 0 Å². The van der Waals surface area contributed by atoms with Gasteiger partial charge in [-0.15, -0.1) is 11.6 Å². The third-order valence-electron chi connectivity index (χ3n) is 2.00. The molecule has 0 unspecified atom stereocenters. The average molecular weight is 255 g/mol. The maximum absolute atomic E-state index is 9.08. The van der Waals surface area contributed by atoms with Crippen molar-refractivity contribution in [3.8, 4) is 6.07 Å². The second-order valence-electron chi connectivity index (χ2n) is 3.40. The Kier molecular flexibility index (Phi) is 9.18. The van der Waals surface area contributed by atoms with Gasteiger partial charge in [0.25, 0.3) is 0 Å². The highest BCUT2D eigenvalue weighted by molar-refractivity contribution is 6.18. The van der Waals surface area contributed by atoms with Crippen LogP contribution in [0.25, 0.3) is 0 Å². The molecule has 0 radical (unpaired) electrons. The zero-order valence-electron chi connectivity index (χ0n) is 10.7. The molecule has 17 heavy (non-hydrogen) atoms. The minimum absolute atomic E-state index is 0.305. The number of nitriles is 1. The summed E-state index contributed by atoms with van der Waals surface area (Å²) in [6, 6.07) is 2.06. The van der Waals surface area contributed by atoms with Gasteiger partial charge in [-0.1, -0.05) is 19.4 Å². The fraction of sp³-hybridized carbons (Fsp3) is 0.538. The predicted octanol–water partition coefficient (Wildman–Crippen LogP) is 3.81. The molecule has 0 heterocycles. The van der Waals surface area contributed by atoms with E-state index in [2.05, 4.69) is 18.0 Å². The first-order chi connectivity index (χ1) is 8.19. The fourth-order valence-electron chi connectivity index (χ4n) is 1.02. The maximum Gasteiger partial charge on any atom is 0.182 e. The Balaban J connectivity index is 4.99. The van der Waals surface area contributed by atoms with Crippen molar-refractivity contribution >= 4 is 17.3 Å². The fourth-order valence-corrected chi connectivity index (χ4v) is 1.10. The standard InChI is InChI=1S/C13H19ClN2O/c1-4-6-7-13(17-9-8-14)12(10-15)16-11(3)5-2/h5,7H,4,6,8-9H2,1-3H3/b11-5-,13-7-,16-12+. The molecule has 94 valence electrons. The van der Waals surface area contributed by atoms with Gasteiger partial charge in [-0.25, -0.2) is 4.99 Å². The van der Waals surface area contributed by atoms with E-state index in [0.717, 1.165) is 18.5 Å². The highest BCUT2D eigenvalue weighted by Gasteiger charge is 2.07. The van der Waals surface area contributed by atoms with Crippen molar-refractivity contribution in [1.29, 1.82) is 5.26 Å². The highest BCUT2D eigenvalue weighted by atomic mass is 35.5. The van der Waals surface area contributed by atoms with Gasteiger partial charge in [0, 0.05) is 5.70 Å². The average Bonchev–Trinajstić information content (AvgIpc) is 2.36. The molecule has 0 fully saturated rings. The number of hydrogen-bond donors (Lipinski definition) is 0. The number of aliphatic imine (C=N–C) groups is 1. The topological polar surface area (TPSA) is 45.4 Å². The molecule has 0 bridgehead atoms.